The monoisotopic (exact) mass is 488 g/mol. The SMILES string of the molecule is COC(=O)[C@H]1CCCCC1C(=O)N1C[C@H](CN2CCC(c3ccccc3)CC2)[C@@H](c2ccccc2)C1. The number of piperidine rings is 1. The van der Waals surface area contributed by atoms with Gasteiger partial charge in [0.25, 0.3) is 0 Å². The van der Waals surface area contributed by atoms with Gasteiger partial charge in [-0.2, -0.15) is 0 Å². The Kier molecular flexibility index (Phi) is 8.05. The standard InChI is InChI=1S/C31H40N2O3/c1-36-31(35)28-15-9-8-14-27(28)30(34)33-21-26(29(22-33)25-12-6-3-7-13-25)20-32-18-16-24(17-19-32)23-10-4-2-5-11-23/h2-7,10-13,24,26-29H,8-9,14-22H2,1H3/t26-,27?,28-,29+/m0/s1. The zero-order valence-electron chi connectivity index (χ0n) is 21.6. The molecular formula is C31H40N2O3. The van der Waals surface area contributed by atoms with Crippen molar-refractivity contribution in [2.45, 2.75) is 50.4 Å². The lowest BCUT2D eigenvalue weighted by molar-refractivity contribution is -0.154. The van der Waals surface area contributed by atoms with E-state index in [2.05, 4.69) is 70.5 Å². The van der Waals surface area contributed by atoms with Crippen LogP contribution in [0.5, 0.6) is 0 Å². The predicted octanol–water partition coefficient (Wildman–Crippen LogP) is 5.09. The Morgan fingerprint density at radius 1 is 0.806 bits per heavy atom. The number of esters is 1. The van der Waals surface area contributed by atoms with Crippen LogP contribution in [0.4, 0.5) is 0 Å². The minimum atomic E-state index is -0.289. The van der Waals surface area contributed by atoms with Crippen LogP contribution in [0.2, 0.25) is 0 Å². The van der Waals surface area contributed by atoms with Crippen LogP contribution < -0.4 is 0 Å². The first-order valence-corrected chi connectivity index (χ1v) is 13.8. The molecule has 1 aliphatic carbocycles. The van der Waals surface area contributed by atoms with Gasteiger partial charge in [0.2, 0.25) is 5.91 Å². The predicted molar refractivity (Wildman–Crippen MR) is 142 cm³/mol. The number of amides is 1. The first kappa shape index (κ1) is 25.0. The van der Waals surface area contributed by atoms with Crippen molar-refractivity contribution in [2.24, 2.45) is 17.8 Å². The van der Waals surface area contributed by atoms with E-state index in [1.54, 1.807) is 0 Å². The van der Waals surface area contributed by atoms with Crippen molar-refractivity contribution in [3.63, 3.8) is 0 Å². The quantitative estimate of drug-likeness (QED) is 0.532. The Labute approximate surface area is 215 Å². The largest absolute Gasteiger partial charge is 0.469 e. The molecule has 1 saturated carbocycles. The molecule has 3 aliphatic rings. The summed E-state index contributed by atoms with van der Waals surface area (Å²) in [5, 5.41) is 0. The van der Waals surface area contributed by atoms with Gasteiger partial charge in [0.1, 0.15) is 0 Å². The van der Waals surface area contributed by atoms with Gasteiger partial charge < -0.3 is 14.5 Å². The van der Waals surface area contributed by atoms with Crippen molar-refractivity contribution in [2.75, 3.05) is 39.8 Å². The molecule has 2 saturated heterocycles. The van der Waals surface area contributed by atoms with E-state index < -0.39 is 0 Å². The van der Waals surface area contributed by atoms with Crippen molar-refractivity contribution in [3.8, 4) is 0 Å². The number of carbonyl (C=O) groups is 2. The van der Waals surface area contributed by atoms with Crippen molar-refractivity contribution in [3.05, 3.63) is 71.8 Å². The number of nitrogens with zero attached hydrogens (tertiary/aromatic N) is 2. The number of hydrogen-bond acceptors (Lipinski definition) is 4. The summed E-state index contributed by atoms with van der Waals surface area (Å²) in [6, 6.07) is 21.6. The Hall–Kier alpha value is -2.66. The Morgan fingerprint density at radius 2 is 1.42 bits per heavy atom. The third kappa shape index (κ3) is 5.51. The molecule has 4 atom stereocenters. The summed E-state index contributed by atoms with van der Waals surface area (Å²) >= 11 is 0. The number of benzene rings is 2. The summed E-state index contributed by atoms with van der Waals surface area (Å²) in [4.78, 5) is 30.9. The maximum atomic E-state index is 13.8. The van der Waals surface area contributed by atoms with Crippen molar-refractivity contribution >= 4 is 11.9 Å². The molecule has 0 radical (unpaired) electrons. The van der Waals surface area contributed by atoms with Gasteiger partial charge in [-0.05, 0) is 61.7 Å². The number of hydrogen-bond donors (Lipinski definition) is 0. The fourth-order valence-electron chi connectivity index (χ4n) is 6.91. The van der Waals surface area contributed by atoms with Gasteiger partial charge in [-0.15, -0.1) is 0 Å². The van der Waals surface area contributed by atoms with Gasteiger partial charge in [0.15, 0.2) is 0 Å². The molecule has 2 aromatic rings. The highest BCUT2D eigenvalue weighted by molar-refractivity contribution is 5.86. The Bertz CT molecular complexity index is 1000. The average molecular weight is 489 g/mol. The minimum Gasteiger partial charge on any atom is -0.469 e. The van der Waals surface area contributed by atoms with Crippen molar-refractivity contribution in [1.82, 2.24) is 9.80 Å². The van der Waals surface area contributed by atoms with E-state index in [0.29, 0.717) is 17.8 Å². The first-order valence-electron chi connectivity index (χ1n) is 13.8. The lowest BCUT2D eigenvalue weighted by Crippen LogP contribution is -2.42. The molecule has 0 N–H and O–H groups in total. The fourth-order valence-corrected chi connectivity index (χ4v) is 6.91. The first-order chi connectivity index (χ1) is 17.6. The molecule has 2 aromatic carbocycles. The molecule has 1 unspecified atom stereocenters. The van der Waals surface area contributed by atoms with Gasteiger partial charge in [-0.1, -0.05) is 73.5 Å². The molecule has 0 aromatic heterocycles. The van der Waals surface area contributed by atoms with Crippen molar-refractivity contribution < 1.29 is 14.3 Å². The van der Waals surface area contributed by atoms with Crippen LogP contribution in [0.3, 0.4) is 0 Å². The van der Waals surface area contributed by atoms with Gasteiger partial charge in [0, 0.05) is 25.6 Å². The van der Waals surface area contributed by atoms with Gasteiger partial charge in [-0.3, -0.25) is 9.59 Å². The number of methoxy groups -OCH3 is 1. The summed E-state index contributed by atoms with van der Waals surface area (Å²) in [5.74, 6) is 0.814. The van der Waals surface area contributed by atoms with E-state index in [1.165, 1.54) is 31.1 Å². The van der Waals surface area contributed by atoms with Crippen LogP contribution in [-0.2, 0) is 14.3 Å². The molecule has 5 nitrogen and oxygen atoms in total. The Morgan fingerprint density at radius 3 is 2.06 bits per heavy atom. The third-order valence-electron chi connectivity index (χ3n) is 8.92. The van der Waals surface area contributed by atoms with E-state index in [-0.39, 0.29) is 23.7 Å². The summed E-state index contributed by atoms with van der Waals surface area (Å²) in [6.07, 6.45) is 5.95. The zero-order chi connectivity index (χ0) is 24.9. The van der Waals surface area contributed by atoms with Crippen LogP contribution in [-0.4, -0.2) is 61.5 Å². The maximum absolute atomic E-state index is 13.8. The van der Waals surface area contributed by atoms with Crippen LogP contribution in [0.25, 0.3) is 0 Å². The molecule has 0 spiro atoms. The minimum absolute atomic E-state index is 0.163. The number of carbonyl (C=O) groups excluding carboxylic acids is 2. The number of ether oxygens (including phenoxy) is 1. The zero-order valence-corrected chi connectivity index (χ0v) is 21.6. The van der Waals surface area contributed by atoms with E-state index in [1.807, 2.05) is 0 Å². The molecule has 0 bridgehead atoms. The van der Waals surface area contributed by atoms with Gasteiger partial charge in [-0.25, -0.2) is 0 Å². The topological polar surface area (TPSA) is 49.9 Å². The second kappa shape index (κ2) is 11.6. The summed E-state index contributed by atoms with van der Waals surface area (Å²) in [6.45, 7) is 4.77. The molecule has 36 heavy (non-hydrogen) atoms. The second-order valence-electron chi connectivity index (χ2n) is 11.0. The number of rotatable bonds is 6. The highest BCUT2D eigenvalue weighted by Crippen LogP contribution is 2.38. The molecule has 2 heterocycles. The van der Waals surface area contributed by atoms with Crippen LogP contribution in [0, 0.1) is 17.8 Å². The van der Waals surface area contributed by atoms with E-state index in [9.17, 15) is 9.59 Å². The second-order valence-corrected chi connectivity index (χ2v) is 11.0. The van der Waals surface area contributed by atoms with E-state index >= 15 is 0 Å². The summed E-state index contributed by atoms with van der Waals surface area (Å²) in [5.41, 5.74) is 2.79. The molecule has 3 fully saturated rings. The van der Waals surface area contributed by atoms with Crippen LogP contribution in [0.1, 0.15) is 61.5 Å². The lowest BCUT2D eigenvalue weighted by Gasteiger charge is -2.35. The summed E-state index contributed by atoms with van der Waals surface area (Å²) in [7, 11) is 1.44. The molecule has 192 valence electrons. The highest BCUT2D eigenvalue weighted by atomic mass is 16.5. The fraction of sp³-hybridized carbons (Fsp3) is 0.548. The molecular weight excluding hydrogens is 448 g/mol. The molecule has 2 aliphatic heterocycles. The van der Waals surface area contributed by atoms with E-state index in [4.69, 9.17) is 4.74 Å². The normalized spacial score (nSPS) is 27.6. The maximum Gasteiger partial charge on any atom is 0.309 e. The highest BCUT2D eigenvalue weighted by Gasteiger charge is 2.43. The van der Waals surface area contributed by atoms with Gasteiger partial charge in [0.05, 0.1) is 18.9 Å². The van der Waals surface area contributed by atoms with Gasteiger partial charge >= 0.3 is 5.97 Å². The van der Waals surface area contributed by atoms with E-state index in [0.717, 1.165) is 58.4 Å². The molecule has 5 heteroatoms. The third-order valence-corrected chi connectivity index (χ3v) is 8.92. The lowest BCUT2D eigenvalue weighted by atomic mass is 9.78. The van der Waals surface area contributed by atoms with Crippen LogP contribution >= 0.6 is 0 Å². The number of likely N-dealkylation sites (tertiary alicyclic amines) is 2. The molecule has 5 rings (SSSR count). The van der Waals surface area contributed by atoms with Crippen LogP contribution in [0.15, 0.2) is 60.7 Å². The summed E-state index contributed by atoms with van der Waals surface area (Å²) < 4.78 is 5.07. The van der Waals surface area contributed by atoms with Crippen molar-refractivity contribution in [1.29, 1.82) is 0 Å². The molecule has 1 amide bonds. The average Bonchev–Trinajstić information content (AvgIpc) is 3.37. The smallest absolute Gasteiger partial charge is 0.309 e. The Balaban J connectivity index is 1.27.